The average Bonchev–Trinajstić information content (AvgIpc) is 2.61. The van der Waals surface area contributed by atoms with E-state index in [1.165, 1.54) is 37.4 Å². The molecule has 2 aromatic rings. The summed E-state index contributed by atoms with van der Waals surface area (Å²) in [7, 11) is 1.40. The number of piperidine rings is 1. The van der Waals surface area contributed by atoms with Crippen LogP contribution in [0.25, 0.3) is 5.69 Å². The third-order valence-electron chi connectivity index (χ3n) is 4.33. The smallest absolute Gasteiger partial charge is 0.278 e. The van der Waals surface area contributed by atoms with E-state index in [0.717, 1.165) is 17.5 Å². The Morgan fingerprint density at radius 2 is 2.04 bits per heavy atom. The number of likely N-dealkylation sites (tertiary alicyclic amines) is 1. The molecule has 0 radical (unpaired) electrons. The number of amides is 1. The lowest BCUT2D eigenvalue weighted by Gasteiger charge is -2.30. The van der Waals surface area contributed by atoms with E-state index >= 15 is 0 Å². The molecule has 0 saturated carbocycles. The normalized spacial score (nSPS) is 17.4. The summed E-state index contributed by atoms with van der Waals surface area (Å²) in [6.07, 6.45) is 2.02. The second-order valence-corrected chi connectivity index (χ2v) is 6.29. The number of nitrogens with zero attached hydrogens (tertiary/aromatic N) is 3. The third-order valence-corrected chi connectivity index (χ3v) is 4.33. The van der Waals surface area contributed by atoms with Crippen LogP contribution in [0.1, 0.15) is 30.3 Å². The minimum Gasteiger partial charge on any atom is -0.494 e. The largest absolute Gasteiger partial charge is 0.494 e. The summed E-state index contributed by atoms with van der Waals surface area (Å²) in [5.74, 6) is -0.110. The predicted molar refractivity (Wildman–Crippen MR) is 90.6 cm³/mol. The molecule has 132 valence electrons. The first-order valence-electron chi connectivity index (χ1n) is 8.23. The van der Waals surface area contributed by atoms with Crippen molar-refractivity contribution >= 4 is 5.91 Å². The Hall–Kier alpha value is -2.70. The van der Waals surface area contributed by atoms with Gasteiger partial charge in [-0.25, -0.2) is 4.39 Å². The maximum Gasteiger partial charge on any atom is 0.278 e. The second kappa shape index (κ2) is 7.04. The summed E-state index contributed by atoms with van der Waals surface area (Å²) in [6, 6.07) is 6.58. The van der Waals surface area contributed by atoms with Crippen molar-refractivity contribution in [3.05, 3.63) is 52.2 Å². The number of carbonyl (C=O) groups excluding carboxylic acids is 1. The van der Waals surface area contributed by atoms with Crippen LogP contribution in [0, 0.1) is 11.7 Å². The molecule has 1 aromatic carbocycles. The molecule has 0 aliphatic carbocycles. The molecule has 1 saturated heterocycles. The van der Waals surface area contributed by atoms with Crippen LogP contribution in [0.3, 0.4) is 0 Å². The van der Waals surface area contributed by atoms with E-state index in [1.807, 2.05) is 0 Å². The number of benzene rings is 1. The molecule has 6 nitrogen and oxygen atoms in total. The van der Waals surface area contributed by atoms with Gasteiger partial charge in [-0.2, -0.15) is 9.78 Å². The van der Waals surface area contributed by atoms with Crippen LogP contribution in [0.15, 0.2) is 35.1 Å². The molecular weight excluding hydrogens is 325 g/mol. The van der Waals surface area contributed by atoms with Gasteiger partial charge in [-0.1, -0.05) is 6.92 Å². The van der Waals surface area contributed by atoms with Gasteiger partial charge in [0.2, 0.25) is 0 Å². The van der Waals surface area contributed by atoms with Gasteiger partial charge in [0, 0.05) is 13.1 Å². The van der Waals surface area contributed by atoms with Gasteiger partial charge in [0.15, 0.2) is 11.4 Å². The van der Waals surface area contributed by atoms with Gasteiger partial charge in [-0.15, -0.1) is 0 Å². The first-order valence-corrected chi connectivity index (χ1v) is 8.23. The summed E-state index contributed by atoms with van der Waals surface area (Å²) in [4.78, 5) is 26.9. The lowest BCUT2D eigenvalue weighted by Crippen LogP contribution is -2.40. The Morgan fingerprint density at radius 3 is 2.68 bits per heavy atom. The molecule has 0 bridgehead atoms. The van der Waals surface area contributed by atoms with Crippen molar-refractivity contribution in [3.8, 4) is 11.4 Å². The number of rotatable bonds is 3. The van der Waals surface area contributed by atoms with Crippen LogP contribution in [-0.2, 0) is 0 Å². The molecule has 1 aliphatic rings. The van der Waals surface area contributed by atoms with Crippen LogP contribution in [0.4, 0.5) is 4.39 Å². The topological polar surface area (TPSA) is 64.4 Å². The summed E-state index contributed by atoms with van der Waals surface area (Å²) < 4.78 is 19.4. The maximum absolute atomic E-state index is 13.1. The standard InChI is InChI=1S/C18H20FN3O3/c1-12-4-3-9-21(11-12)18(24)17-15(25-2)10-16(23)22(20-17)14-7-5-13(19)6-8-14/h5-8,10,12H,3-4,9,11H2,1-2H3/t12-/m1/s1. The van der Waals surface area contributed by atoms with E-state index in [0.29, 0.717) is 24.7 Å². The zero-order valence-corrected chi connectivity index (χ0v) is 14.2. The third kappa shape index (κ3) is 3.55. The second-order valence-electron chi connectivity index (χ2n) is 6.29. The first-order chi connectivity index (χ1) is 12.0. The van der Waals surface area contributed by atoms with Crippen molar-refractivity contribution < 1.29 is 13.9 Å². The quantitative estimate of drug-likeness (QED) is 0.856. The SMILES string of the molecule is COc1cc(=O)n(-c2ccc(F)cc2)nc1C(=O)N1CCC[C@@H](C)C1. The number of aromatic nitrogens is 2. The molecule has 0 N–H and O–H groups in total. The molecule has 1 aliphatic heterocycles. The van der Waals surface area contributed by atoms with Crippen molar-refractivity contribution in [3.63, 3.8) is 0 Å². The molecule has 1 atom stereocenters. The number of carbonyl (C=O) groups is 1. The van der Waals surface area contributed by atoms with Gasteiger partial charge in [-0.05, 0) is 43.0 Å². The molecule has 1 fully saturated rings. The lowest BCUT2D eigenvalue weighted by molar-refractivity contribution is 0.0671. The van der Waals surface area contributed by atoms with Crippen LogP contribution in [0.2, 0.25) is 0 Å². The summed E-state index contributed by atoms with van der Waals surface area (Å²) in [5, 5.41) is 4.21. The Labute approximate surface area is 144 Å². The fourth-order valence-electron chi connectivity index (χ4n) is 3.03. The minimum absolute atomic E-state index is 0.0838. The first kappa shape index (κ1) is 17.1. The van der Waals surface area contributed by atoms with Gasteiger partial charge in [0.25, 0.3) is 11.5 Å². The fourth-order valence-corrected chi connectivity index (χ4v) is 3.03. The Bertz CT molecular complexity index is 832. The summed E-state index contributed by atoms with van der Waals surface area (Å²) in [6.45, 7) is 3.41. The van der Waals surface area contributed by atoms with Crippen molar-refractivity contribution in [1.29, 1.82) is 0 Å². The molecule has 2 heterocycles. The van der Waals surface area contributed by atoms with E-state index in [-0.39, 0.29) is 17.4 Å². The zero-order chi connectivity index (χ0) is 18.0. The Morgan fingerprint density at radius 1 is 1.32 bits per heavy atom. The van der Waals surface area contributed by atoms with Gasteiger partial charge in [-0.3, -0.25) is 9.59 Å². The van der Waals surface area contributed by atoms with Gasteiger partial charge < -0.3 is 9.64 Å². The highest BCUT2D eigenvalue weighted by Gasteiger charge is 2.26. The van der Waals surface area contributed by atoms with Gasteiger partial charge >= 0.3 is 0 Å². The molecule has 1 aromatic heterocycles. The molecular formula is C18H20FN3O3. The van der Waals surface area contributed by atoms with E-state index in [2.05, 4.69) is 12.0 Å². The number of hydrogen-bond donors (Lipinski definition) is 0. The fraction of sp³-hybridized carbons (Fsp3) is 0.389. The highest BCUT2D eigenvalue weighted by molar-refractivity contribution is 5.94. The highest BCUT2D eigenvalue weighted by atomic mass is 19.1. The number of ether oxygens (including phenoxy) is 1. The van der Waals surface area contributed by atoms with Crippen LogP contribution < -0.4 is 10.3 Å². The van der Waals surface area contributed by atoms with E-state index < -0.39 is 11.4 Å². The molecule has 1 amide bonds. The van der Waals surface area contributed by atoms with Crippen molar-refractivity contribution in [2.45, 2.75) is 19.8 Å². The molecule has 3 rings (SSSR count). The molecule has 7 heteroatoms. The summed E-state index contributed by atoms with van der Waals surface area (Å²) >= 11 is 0. The molecule has 0 unspecified atom stereocenters. The predicted octanol–water partition coefficient (Wildman–Crippen LogP) is 2.25. The Balaban J connectivity index is 2.03. The molecule has 25 heavy (non-hydrogen) atoms. The van der Waals surface area contributed by atoms with E-state index in [9.17, 15) is 14.0 Å². The highest BCUT2D eigenvalue weighted by Crippen LogP contribution is 2.21. The summed E-state index contributed by atoms with van der Waals surface area (Å²) in [5.41, 5.74) is 0.0164. The van der Waals surface area contributed by atoms with Crippen LogP contribution in [0.5, 0.6) is 5.75 Å². The number of halogens is 1. The number of methoxy groups -OCH3 is 1. The van der Waals surface area contributed by atoms with Crippen molar-refractivity contribution in [2.75, 3.05) is 20.2 Å². The van der Waals surface area contributed by atoms with Gasteiger partial charge in [0.1, 0.15) is 5.82 Å². The monoisotopic (exact) mass is 345 g/mol. The minimum atomic E-state index is -0.452. The van der Waals surface area contributed by atoms with Gasteiger partial charge in [0.05, 0.1) is 18.9 Å². The zero-order valence-electron chi connectivity index (χ0n) is 14.2. The van der Waals surface area contributed by atoms with E-state index in [1.54, 1.807) is 4.90 Å². The Kier molecular flexibility index (Phi) is 4.83. The van der Waals surface area contributed by atoms with E-state index in [4.69, 9.17) is 4.74 Å². The molecule has 0 spiro atoms. The van der Waals surface area contributed by atoms with Crippen LogP contribution >= 0.6 is 0 Å². The lowest BCUT2D eigenvalue weighted by atomic mass is 10.00. The number of hydrogen-bond acceptors (Lipinski definition) is 4. The average molecular weight is 345 g/mol. The van der Waals surface area contributed by atoms with Crippen LogP contribution in [-0.4, -0.2) is 40.8 Å². The van der Waals surface area contributed by atoms with Crippen molar-refractivity contribution in [2.24, 2.45) is 5.92 Å². The maximum atomic E-state index is 13.1. The van der Waals surface area contributed by atoms with Crippen molar-refractivity contribution in [1.82, 2.24) is 14.7 Å².